The Hall–Kier alpha value is -2.68. The van der Waals surface area contributed by atoms with Crippen LogP contribution in [0.1, 0.15) is 28.4 Å². The zero-order valence-corrected chi connectivity index (χ0v) is 14.2. The molecule has 0 spiro atoms. The number of hydroxylamine groups is 1. The fraction of sp³-hybridized carbons (Fsp3) is 0.389. The molecule has 4 aliphatic rings. The van der Waals surface area contributed by atoms with Crippen molar-refractivity contribution in [3.05, 3.63) is 53.3 Å². The number of fused-ring (bicyclic) bond motifs is 1. The summed E-state index contributed by atoms with van der Waals surface area (Å²) >= 11 is 0. The van der Waals surface area contributed by atoms with E-state index in [-0.39, 0.29) is 22.9 Å². The van der Waals surface area contributed by atoms with Crippen LogP contribution in [-0.2, 0) is 11.6 Å². The summed E-state index contributed by atoms with van der Waals surface area (Å²) < 4.78 is 40.5. The van der Waals surface area contributed by atoms with Crippen LogP contribution in [0.25, 0.3) is 0 Å². The van der Waals surface area contributed by atoms with Gasteiger partial charge in [-0.1, -0.05) is 25.1 Å². The van der Waals surface area contributed by atoms with Crippen LogP contribution in [-0.4, -0.2) is 33.7 Å². The number of amides is 1. The summed E-state index contributed by atoms with van der Waals surface area (Å²) in [6, 6.07) is 5.89. The van der Waals surface area contributed by atoms with Crippen molar-refractivity contribution in [1.29, 1.82) is 0 Å². The van der Waals surface area contributed by atoms with Crippen LogP contribution >= 0.6 is 0 Å². The van der Waals surface area contributed by atoms with Crippen molar-refractivity contribution in [3.8, 4) is 0 Å². The highest BCUT2D eigenvalue weighted by Crippen LogP contribution is 2.93. The Bertz CT molecular complexity index is 964. The third-order valence-electron chi connectivity index (χ3n) is 6.60. The first-order chi connectivity index (χ1) is 12.8. The van der Waals surface area contributed by atoms with Gasteiger partial charge in [0.25, 0.3) is 5.91 Å². The molecule has 1 aromatic heterocycles. The molecule has 6 rings (SSSR count). The Kier molecular flexibility index (Phi) is 2.92. The van der Waals surface area contributed by atoms with Crippen LogP contribution in [0.4, 0.5) is 19.1 Å². The van der Waals surface area contributed by atoms with Crippen molar-refractivity contribution in [3.63, 3.8) is 0 Å². The van der Waals surface area contributed by atoms with Crippen LogP contribution in [0, 0.1) is 11.3 Å². The number of anilines is 1. The number of nitrogens with zero attached hydrogens (tertiary/aromatic N) is 3. The van der Waals surface area contributed by atoms with Gasteiger partial charge < -0.3 is 4.90 Å². The first-order valence-electron chi connectivity index (χ1n) is 8.46. The predicted molar refractivity (Wildman–Crippen MR) is 87.1 cm³/mol. The molecule has 2 saturated carbocycles. The molecule has 1 unspecified atom stereocenters. The molecule has 1 aromatic carbocycles. The van der Waals surface area contributed by atoms with E-state index < -0.39 is 23.1 Å². The van der Waals surface area contributed by atoms with E-state index in [0.29, 0.717) is 18.1 Å². The quantitative estimate of drug-likeness (QED) is 0.635. The second-order valence-electron chi connectivity index (χ2n) is 7.56. The van der Waals surface area contributed by atoms with Gasteiger partial charge in [-0.25, -0.2) is 15.4 Å². The molecule has 2 bridgehead atoms. The van der Waals surface area contributed by atoms with Crippen LogP contribution in [0.5, 0.6) is 0 Å². The molecular formula is C18H15F3N4O2. The zero-order chi connectivity index (χ0) is 19.2. The monoisotopic (exact) mass is 376 g/mol. The molecule has 140 valence electrons. The molecule has 0 radical (unpaired) electrons. The van der Waals surface area contributed by atoms with E-state index in [1.165, 1.54) is 23.9 Å². The summed E-state index contributed by atoms with van der Waals surface area (Å²) in [6.45, 7) is 2.43. The predicted octanol–water partition coefficient (Wildman–Crippen LogP) is 2.39. The maximum Gasteiger partial charge on any atom is 0.416 e. The average Bonchev–Trinajstić information content (AvgIpc) is 3.30. The SMILES string of the molecule is C[C@@]12C3[C@@H]1[C@]2(c1ccccc1C(F)(F)F)CN3c1ncc(C(=O)NO)cn1. The van der Waals surface area contributed by atoms with Gasteiger partial charge in [0.1, 0.15) is 0 Å². The highest BCUT2D eigenvalue weighted by Gasteiger charge is 2.99. The second-order valence-corrected chi connectivity index (χ2v) is 7.56. The molecule has 2 saturated heterocycles. The maximum atomic E-state index is 13.5. The average molecular weight is 376 g/mol. The Labute approximate surface area is 152 Å². The summed E-state index contributed by atoms with van der Waals surface area (Å²) in [7, 11) is 0. The van der Waals surface area contributed by atoms with Crippen molar-refractivity contribution in [2.45, 2.75) is 24.6 Å². The number of piperidine rings is 1. The third-order valence-corrected chi connectivity index (χ3v) is 6.60. The molecular weight excluding hydrogens is 361 g/mol. The summed E-state index contributed by atoms with van der Waals surface area (Å²) in [5.74, 6) is -0.190. The van der Waals surface area contributed by atoms with Crippen LogP contribution in [0.2, 0.25) is 0 Å². The Morgan fingerprint density at radius 3 is 2.52 bits per heavy atom. The molecule has 2 aliphatic carbocycles. The molecule has 4 fully saturated rings. The molecule has 9 heteroatoms. The second kappa shape index (κ2) is 4.78. The van der Waals surface area contributed by atoms with Crippen molar-refractivity contribution < 1.29 is 23.2 Å². The lowest BCUT2D eigenvalue weighted by Gasteiger charge is -2.23. The first kappa shape index (κ1) is 16.5. The highest BCUT2D eigenvalue weighted by molar-refractivity contribution is 5.92. The van der Waals surface area contributed by atoms with Crippen molar-refractivity contribution >= 4 is 11.9 Å². The van der Waals surface area contributed by atoms with Gasteiger partial charge in [-0.05, 0) is 11.6 Å². The number of rotatable bonds is 3. The lowest BCUT2D eigenvalue weighted by atomic mass is 9.81. The Morgan fingerprint density at radius 1 is 1.30 bits per heavy atom. The topological polar surface area (TPSA) is 78.4 Å². The maximum absolute atomic E-state index is 13.5. The Morgan fingerprint density at radius 2 is 1.93 bits per heavy atom. The van der Waals surface area contributed by atoms with E-state index in [1.54, 1.807) is 12.1 Å². The number of hydrogen-bond donors (Lipinski definition) is 2. The van der Waals surface area contributed by atoms with E-state index in [2.05, 4.69) is 9.97 Å². The number of hydrogen-bond acceptors (Lipinski definition) is 5. The van der Waals surface area contributed by atoms with E-state index in [4.69, 9.17) is 5.21 Å². The summed E-state index contributed by atoms with van der Waals surface area (Å²) in [5.41, 5.74) is 0.637. The summed E-state index contributed by atoms with van der Waals surface area (Å²) in [5, 5.41) is 8.65. The molecule has 3 heterocycles. The molecule has 2 aliphatic heterocycles. The summed E-state index contributed by atoms with van der Waals surface area (Å²) in [6.07, 6.45) is -1.81. The van der Waals surface area contributed by atoms with Crippen molar-refractivity contribution in [1.82, 2.24) is 15.4 Å². The van der Waals surface area contributed by atoms with Gasteiger partial charge in [0.05, 0.1) is 11.1 Å². The normalized spacial score (nSPS) is 32.9. The van der Waals surface area contributed by atoms with E-state index in [1.807, 2.05) is 11.8 Å². The molecule has 2 N–H and O–H groups in total. The number of benzene rings is 1. The molecule has 2 aromatic rings. The van der Waals surface area contributed by atoms with Gasteiger partial charge in [0.2, 0.25) is 5.95 Å². The standard InChI is InChI=1S/C18H15F3N4O2/c1-16-12-13(16)25(15-22-6-9(7-23-15)14(26)24-27)8-17(12,16)10-4-2-3-5-11(10)18(19,20)21/h2-7,12-13,27H,8H2,1H3,(H,24,26)/t12-,13?,16-,17+/m0/s1. The fourth-order valence-electron chi connectivity index (χ4n) is 5.33. The minimum absolute atomic E-state index is 0.100. The largest absolute Gasteiger partial charge is 0.416 e. The van der Waals surface area contributed by atoms with Gasteiger partial charge >= 0.3 is 6.18 Å². The number of nitrogens with one attached hydrogen (secondary N) is 1. The Balaban J connectivity index is 1.48. The van der Waals surface area contributed by atoms with Gasteiger partial charge in [0, 0.05) is 41.7 Å². The van der Waals surface area contributed by atoms with Crippen LogP contribution in [0.3, 0.4) is 0 Å². The van der Waals surface area contributed by atoms with Gasteiger partial charge in [-0.3, -0.25) is 10.0 Å². The number of carbonyl (C=O) groups excluding carboxylic acids is 1. The zero-order valence-electron chi connectivity index (χ0n) is 14.2. The van der Waals surface area contributed by atoms with Crippen molar-refractivity contribution in [2.24, 2.45) is 11.3 Å². The smallest absolute Gasteiger partial charge is 0.336 e. The van der Waals surface area contributed by atoms with Gasteiger partial charge in [-0.15, -0.1) is 0 Å². The third kappa shape index (κ3) is 1.82. The van der Waals surface area contributed by atoms with Crippen molar-refractivity contribution in [2.75, 3.05) is 11.4 Å². The van der Waals surface area contributed by atoms with E-state index in [0.717, 1.165) is 6.07 Å². The molecule has 27 heavy (non-hydrogen) atoms. The number of halogens is 3. The first-order valence-corrected chi connectivity index (χ1v) is 8.46. The summed E-state index contributed by atoms with van der Waals surface area (Å²) in [4.78, 5) is 21.6. The molecule has 4 atom stereocenters. The molecule has 6 nitrogen and oxygen atoms in total. The number of carbonyl (C=O) groups is 1. The van der Waals surface area contributed by atoms with Gasteiger partial charge in [0.15, 0.2) is 0 Å². The number of alkyl halides is 3. The fourth-order valence-corrected chi connectivity index (χ4v) is 5.33. The van der Waals surface area contributed by atoms with Crippen LogP contribution < -0.4 is 10.4 Å². The van der Waals surface area contributed by atoms with E-state index >= 15 is 0 Å². The van der Waals surface area contributed by atoms with E-state index in [9.17, 15) is 18.0 Å². The highest BCUT2D eigenvalue weighted by atomic mass is 19.4. The molecule has 1 amide bonds. The number of aromatic nitrogens is 2. The lowest BCUT2D eigenvalue weighted by molar-refractivity contribution is -0.138. The lowest BCUT2D eigenvalue weighted by Crippen LogP contribution is -2.26. The van der Waals surface area contributed by atoms with Crippen LogP contribution in [0.15, 0.2) is 36.7 Å². The van der Waals surface area contributed by atoms with Gasteiger partial charge in [-0.2, -0.15) is 13.2 Å². The minimum Gasteiger partial charge on any atom is -0.336 e. The minimum atomic E-state index is -4.39.